The van der Waals surface area contributed by atoms with Crippen LogP contribution in [-0.4, -0.2) is 47.0 Å². The molecule has 0 bridgehead atoms. The van der Waals surface area contributed by atoms with E-state index in [-0.39, 0.29) is 24.0 Å². The van der Waals surface area contributed by atoms with E-state index in [1.807, 2.05) is 44.2 Å². The zero-order valence-corrected chi connectivity index (χ0v) is 17.4. The molecular formula is C23H26N6O. The minimum Gasteiger partial charge on any atom is -0.368 e. The lowest BCUT2D eigenvalue weighted by atomic mass is 10.1. The molecule has 2 heterocycles. The number of amides is 1. The molecule has 0 saturated carbocycles. The molecule has 7 nitrogen and oxygen atoms in total. The van der Waals surface area contributed by atoms with Gasteiger partial charge in [0, 0.05) is 24.2 Å². The Bertz CT molecular complexity index is 970. The number of carbonyl (C=O) groups excluding carboxylic acids is 1. The van der Waals surface area contributed by atoms with Gasteiger partial charge in [-0.1, -0.05) is 18.2 Å². The molecule has 1 amide bonds. The minimum absolute atomic E-state index is 0.0342. The van der Waals surface area contributed by atoms with Gasteiger partial charge in [-0.2, -0.15) is 10.5 Å². The van der Waals surface area contributed by atoms with Crippen LogP contribution in [0, 0.1) is 22.7 Å². The second-order valence-electron chi connectivity index (χ2n) is 8.06. The normalized spacial score (nSPS) is 16.0. The predicted octanol–water partition coefficient (Wildman–Crippen LogP) is 2.91. The highest BCUT2D eigenvalue weighted by Gasteiger charge is 2.29. The lowest BCUT2D eigenvalue weighted by Gasteiger charge is -2.28. The van der Waals surface area contributed by atoms with Crippen molar-refractivity contribution in [2.24, 2.45) is 0 Å². The molecule has 1 atom stereocenters. The summed E-state index contributed by atoms with van der Waals surface area (Å²) in [5, 5.41) is 24.7. The molecule has 1 aliphatic heterocycles. The number of hydrogen-bond acceptors (Lipinski definition) is 6. The van der Waals surface area contributed by atoms with Gasteiger partial charge in [0.1, 0.15) is 11.9 Å². The van der Waals surface area contributed by atoms with Crippen molar-refractivity contribution in [1.82, 2.24) is 15.2 Å². The summed E-state index contributed by atoms with van der Waals surface area (Å²) >= 11 is 0. The molecule has 1 aromatic carbocycles. The van der Waals surface area contributed by atoms with Crippen molar-refractivity contribution in [1.29, 1.82) is 10.5 Å². The number of nitriles is 2. The van der Waals surface area contributed by atoms with Crippen LogP contribution in [0.4, 0.5) is 5.82 Å². The Balaban J connectivity index is 1.55. The van der Waals surface area contributed by atoms with Crippen molar-refractivity contribution in [3.63, 3.8) is 0 Å². The van der Waals surface area contributed by atoms with Gasteiger partial charge in [0.2, 0.25) is 5.91 Å². The first kappa shape index (κ1) is 21.3. The van der Waals surface area contributed by atoms with Crippen LogP contribution in [0.2, 0.25) is 0 Å². The van der Waals surface area contributed by atoms with E-state index in [0.717, 1.165) is 29.9 Å². The molecule has 1 fully saturated rings. The highest BCUT2D eigenvalue weighted by Crippen LogP contribution is 2.20. The number of nitrogens with zero attached hydrogens (tertiary/aromatic N) is 4. The third kappa shape index (κ3) is 5.34. The van der Waals surface area contributed by atoms with E-state index in [1.54, 1.807) is 17.0 Å². The maximum atomic E-state index is 12.4. The predicted molar refractivity (Wildman–Crippen MR) is 115 cm³/mol. The first-order chi connectivity index (χ1) is 14.4. The summed E-state index contributed by atoms with van der Waals surface area (Å²) in [7, 11) is 0. The number of aromatic nitrogens is 1. The number of hydrogen-bond donors (Lipinski definition) is 2. The van der Waals surface area contributed by atoms with Crippen molar-refractivity contribution in [2.75, 3.05) is 25.0 Å². The molecule has 2 aromatic rings. The van der Waals surface area contributed by atoms with Gasteiger partial charge in [-0.3, -0.25) is 4.79 Å². The fourth-order valence-electron chi connectivity index (χ4n) is 3.40. The van der Waals surface area contributed by atoms with Crippen LogP contribution < -0.4 is 10.6 Å². The van der Waals surface area contributed by atoms with E-state index in [2.05, 4.69) is 27.8 Å². The second kappa shape index (κ2) is 9.39. The number of likely N-dealkylation sites (tertiary alicyclic amines) is 1. The minimum atomic E-state index is -0.344. The van der Waals surface area contributed by atoms with Gasteiger partial charge in [-0.25, -0.2) is 4.98 Å². The Morgan fingerprint density at radius 1 is 1.23 bits per heavy atom. The first-order valence-electron chi connectivity index (χ1n) is 10.1. The highest BCUT2D eigenvalue weighted by molar-refractivity contribution is 5.79. The molecule has 0 spiro atoms. The van der Waals surface area contributed by atoms with Gasteiger partial charge in [0.05, 0.1) is 29.9 Å². The van der Waals surface area contributed by atoms with Crippen LogP contribution in [0.3, 0.4) is 0 Å². The van der Waals surface area contributed by atoms with E-state index in [9.17, 15) is 4.79 Å². The van der Waals surface area contributed by atoms with Crippen molar-refractivity contribution in [3.05, 3.63) is 48.0 Å². The molecule has 3 rings (SSSR count). The van der Waals surface area contributed by atoms with Gasteiger partial charge in [0.15, 0.2) is 0 Å². The summed E-state index contributed by atoms with van der Waals surface area (Å²) in [4.78, 5) is 18.8. The van der Waals surface area contributed by atoms with Crippen LogP contribution >= 0.6 is 0 Å². The van der Waals surface area contributed by atoms with Crippen LogP contribution in [-0.2, 0) is 4.79 Å². The molecule has 7 heteroatoms. The average Bonchev–Trinajstić information content (AvgIpc) is 3.25. The maximum absolute atomic E-state index is 12.4. The summed E-state index contributed by atoms with van der Waals surface area (Å²) < 4.78 is 0. The third-order valence-electron chi connectivity index (χ3n) is 5.21. The molecule has 0 unspecified atom stereocenters. The molecule has 0 radical (unpaired) electrons. The van der Waals surface area contributed by atoms with Crippen LogP contribution in [0.15, 0.2) is 42.5 Å². The Hall–Kier alpha value is -3.42. The lowest BCUT2D eigenvalue weighted by Crippen LogP contribution is -2.50. The second-order valence-corrected chi connectivity index (χ2v) is 8.06. The molecule has 30 heavy (non-hydrogen) atoms. The Kier molecular flexibility index (Phi) is 6.66. The van der Waals surface area contributed by atoms with E-state index >= 15 is 0 Å². The van der Waals surface area contributed by atoms with Crippen LogP contribution in [0.5, 0.6) is 0 Å². The average molecular weight is 403 g/mol. The molecule has 1 saturated heterocycles. The maximum Gasteiger partial charge on any atom is 0.237 e. The number of benzene rings is 1. The molecule has 2 N–H and O–H groups in total. The summed E-state index contributed by atoms with van der Waals surface area (Å²) in [6.45, 7) is 5.47. The van der Waals surface area contributed by atoms with Gasteiger partial charge in [-0.05, 0) is 51.0 Å². The molecule has 1 aromatic heterocycles. The zero-order chi connectivity index (χ0) is 21.6. The van der Waals surface area contributed by atoms with Crippen molar-refractivity contribution in [3.8, 4) is 23.4 Å². The van der Waals surface area contributed by atoms with Gasteiger partial charge in [0.25, 0.3) is 0 Å². The number of pyridine rings is 1. The smallest absolute Gasteiger partial charge is 0.237 e. The fraction of sp³-hybridized carbons (Fsp3) is 0.391. The monoisotopic (exact) mass is 402 g/mol. The highest BCUT2D eigenvalue weighted by atomic mass is 16.2. The van der Waals surface area contributed by atoms with Crippen LogP contribution in [0.1, 0.15) is 32.3 Å². The molecule has 0 aliphatic carbocycles. The number of rotatable bonds is 7. The summed E-state index contributed by atoms with van der Waals surface area (Å²) in [5.74, 6) is 0.704. The zero-order valence-electron chi connectivity index (χ0n) is 17.4. The Labute approximate surface area is 177 Å². The van der Waals surface area contributed by atoms with Gasteiger partial charge >= 0.3 is 0 Å². The number of anilines is 1. The first-order valence-corrected chi connectivity index (χ1v) is 10.1. The van der Waals surface area contributed by atoms with Crippen molar-refractivity contribution < 1.29 is 4.79 Å². The third-order valence-corrected chi connectivity index (χ3v) is 5.21. The topological polar surface area (TPSA) is 105 Å². The molecule has 154 valence electrons. The standard InChI is InChI=1S/C23H26N6O/c1-23(2,27-15-22(30)29-12-4-5-19(29)14-25)16-26-21-7-3-6-20(28-21)18-10-8-17(13-24)9-11-18/h3,6-11,19,27H,4-5,12,15-16H2,1-2H3,(H,26,28)/t19-/m0/s1. The lowest BCUT2D eigenvalue weighted by molar-refractivity contribution is -0.130. The molecule has 1 aliphatic rings. The van der Waals surface area contributed by atoms with Crippen molar-refractivity contribution in [2.45, 2.75) is 38.3 Å². The quantitative estimate of drug-likeness (QED) is 0.738. The number of nitrogens with one attached hydrogen (secondary N) is 2. The summed E-state index contributed by atoms with van der Waals surface area (Å²) in [6.07, 6.45) is 1.64. The van der Waals surface area contributed by atoms with Crippen molar-refractivity contribution >= 4 is 11.7 Å². The summed E-state index contributed by atoms with van der Waals surface area (Å²) in [6, 6.07) is 17.1. The SMILES string of the molecule is CC(C)(CNc1cccc(-c2ccc(C#N)cc2)n1)NCC(=O)N1CCC[C@H]1C#N. The van der Waals surface area contributed by atoms with E-state index < -0.39 is 0 Å². The number of carbonyl (C=O) groups is 1. The van der Waals surface area contributed by atoms with Crippen LogP contribution in [0.25, 0.3) is 11.3 Å². The fourth-order valence-corrected chi connectivity index (χ4v) is 3.40. The van der Waals surface area contributed by atoms with Gasteiger partial charge < -0.3 is 15.5 Å². The van der Waals surface area contributed by atoms with E-state index in [0.29, 0.717) is 18.7 Å². The van der Waals surface area contributed by atoms with E-state index in [1.165, 1.54) is 0 Å². The largest absolute Gasteiger partial charge is 0.368 e. The Morgan fingerprint density at radius 2 is 2.00 bits per heavy atom. The van der Waals surface area contributed by atoms with E-state index in [4.69, 9.17) is 10.5 Å². The summed E-state index contributed by atoms with van der Waals surface area (Å²) in [5.41, 5.74) is 2.04. The van der Waals surface area contributed by atoms with Gasteiger partial charge in [-0.15, -0.1) is 0 Å². The Morgan fingerprint density at radius 3 is 2.70 bits per heavy atom. The molecular weight excluding hydrogens is 376 g/mol.